The molecular formula is C13H18N2O4. The summed E-state index contributed by atoms with van der Waals surface area (Å²) >= 11 is 0. The Morgan fingerprint density at radius 1 is 1.37 bits per heavy atom. The fourth-order valence-corrected chi connectivity index (χ4v) is 1.58. The van der Waals surface area contributed by atoms with Gasteiger partial charge in [-0.3, -0.25) is 14.9 Å². The van der Waals surface area contributed by atoms with E-state index >= 15 is 0 Å². The fourth-order valence-electron chi connectivity index (χ4n) is 1.58. The van der Waals surface area contributed by atoms with E-state index in [4.69, 9.17) is 10.5 Å². The Balaban J connectivity index is 2.48. The summed E-state index contributed by atoms with van der Waals surface area (Å²) in [7, 11) is 0. The van der Waals surface area contributed by atoms with Crippen molar-refractivity contribution in [3.05, 3.63) is 39.9 Å². The van der Waals surface area contributed by atoms with Crippen LogP contribution in [0.3, 0.4) is 0 Å². The van der Waals surface area contributed by atoms with Crippen LogP contribution in [0.5, 0.6) is 0 Å². The van der Waals surface area contributed by atoms with Crippen LogP contribution in [0.15, 0.2) is 24.3 Å². The molecule has 0 aliphatic rings. The third-order valence-electron chi connectivity index (χ3n) is 2.56. The molecule has 6 nitrogen and oxygen atoms in total. The summed E-state index contributed by atoms with van der Waals surface area (Å²) in [6.07, 6.45) is 0.569. The molecule has 1 rings (SSSR count). The minimum atomic E-state index is -0.627. The van der Waals surface area contributed by atoms with Crippen LogP contribution in [0.2, 0.25) is 0 Å². The number of ether oxygens (including phenoxy) is 1. The lowest BCUT2D eigenvalue weighted by molar-refractivity contribution is -0.384. The molecule has 0 spiro atoms. The highest BCUT2D eigenvalue weighted by molar-refractivity contribution is 5.75. The van der Waals surface area contributed by atoms with Gasteiger partial charge < -0.3 is 10.5 Å². The molecule has 0 unspecified atom stereocenters. The molecule has 0 aliphatic heterocycles. The number of hydrogen-bond donors (Lipinski definition) is 1. The normalized spacial score (nSPS) is 12.2. The van der Waals surface area contributed by atoms with Crippen LogP contribution in [0.25, 0.3) is 0 Å². The van der Waals surface area contributed by atoms with Crippen LogP contribution >= 0.6 is 0 Å². The largest absolute Gasteiger partial charge is 0.460 e. The number of rotatable bonds is 6. The number of benzene rings is 1. The van der Waals surface area contributed by atoms with Gasteiger partial charge in [-0.15, -0.1) is 0 Å². The number of nitrogens with two attached hydrogens (primary N) is 1. The van der Waals surface area contributed by atoms with Gasteiger partial charge in [0.05, 0.1) is 4.92 Å². The molecular weight excluding hydrogens is 248 g/mol. The molecule has 19 heavy (non-hydrogen) atoms. The summed E-state index contributed by atoms with van der Waals surface area (Å²) in [5.41, 5.74) is 6.38. The smallest absolute Gasteiger partial charge is 0.323 e. The van der Waals surface area contributed by atoms with Crippen LogP contribution in [-0.2, 0) is 16.1 Å². The van der Waals surface area contributed by atoms with Gasteiger partial charge in [-0.25, -0.2) is 0 Å². The first-order valence-corrected chi connectivity index (χ1v) is 6.05. The summed E-state index contributed by atoms with van der Waals surface area (Å²) in [5.74, 6) is -0.131. The number of hydrogen-bond acceptors (Lipinski definition) is 5. The molecule has 1 aromatic rings. The number of non-ortho nitro benzene ring substituents is 1. The quantitative estimate of drug-likeness (QED) is 0.482. The van der Waals surface area contributed by atoms with Crippen molar-refractivity contribution in [2.45, 2.75) is 32.9 Å². The molecule has 0 amide bonds. The Morgan fingerprint density at radius 2 is 1.95 bits per heavy atom. The summed E-state index contributed by atoms with van der Waals surface area (Å²) < 4.78 is 5.06. The standard InChI is InChI=1S/C13H18N2O4/c1-9(2)7-12(14)13(16)19-8-10-3-5-11(6-4-10)15(17)18/h3-6,9,12H,7-8,14H2,1-2H3/t12-/m1/s1. The molecule has 0 aliphatic carbocycles. The highest BCUT2D eigenvalue weighted by Gasteiger charge is 2.16. The summed E-state index contributed by atoms with van der Waals surface area (Å²) in [6.45, 7) is 4.02. The third kappa shape index (κ3) is 5.05. The average Bonchev–Trinajstić information content (AvgIpc) is 2.35. The van der Waals surface area contributed by atoms with Crippen molar-refractivity contribution in [2.24, 2.45) is 11.7 Å². The highest BCUT2D eigenvalue weighted by Crippen LogP contribution is 2.13. The van der Waals surface area contributed by atoms with Crippen LogP contribution in [0.4, 0.5) is 5.69 Å². The van der Waals surface area contributed by atoms with E-state index in [0.29, 0.717) is 17.9 Å². The maximum atomic E-state index is 11.6. The van der Waals surface area contributed by atoms with Crippen molar-refractivity contribution in [1.82, 2.24) is 0 Å². The third-order valence-corrected chi connectivity index (χ3v) is 2.56. The Hall–Kier alpha value is -1.95. The molecule has 0 saturated heterocycles. The zero-order chi connectivity index (χ0) is 14.4. The van der Waals surface area contributed by atoms with Crippen LogP contribution in [-0.4, -0.2) is 16.9 Å². The lowest BCUT2D eigenvalue weighted by atomic mass is 10.1. The van der Waals surface area contributed by atoms with E-state index in [2.05, 4.69) is 0 Å². The van der Waals surface area contributed by atoms with E-state index in [-0.39, 0.29) is 12.3 Å². The molecule has 0 aromatic heterocycles. The molecule has 0 heterocycles. The number of nitrogens with zero attached hydrogens (tertiary/aromatic N) is 1. The molecule has 104 valence electrons. The summed E-state index contributed by atoms with van der Waals surface area (Å²) in [6, 6.07) is 5.23. The van der Waals surface area contributed by atoms with Gasteiger partial charge >= 0.3 is 5.97 Å². The van der Waals surface area contributed by atoms with Crippen LogP contribution in [0.1, 0.15) is 25.8 Å². The van der Waals surface area contributed by atoms with E-state index in [1.807, 2.05) is 13.8 Å². The van der Waals surface area contributed by atoms with Crippen LogP contribution < -0.4 is 5.73 Å². The van der Waals surface area contributed by atoms with Crippen LogP contribution in [0, 0.1) is 16.0 Å². The summed E-state index contributed by atoms with van der Waals surface area (Å²) in [5, 5.41) is 10.5. The van der Waals surface area contributed by atoms with E-state index in [1.165, 1.54) is 12.1 Å². The SMILES string of the molecule is CC(C)C[C@@H](N)C(=O)OCc1ccc([N+](=O)[O-])cc1. The number of nitro groups is 1. The molecule has 2 N–H and O–H groups in total. The second-order valence-electron chi connectivity index (χ2n) is 4.77. The molecule has 1 aromatic carbocycles. The predicted molar refractivity (Wildman–Crippen MR) is 70.3 cm³/mol. The van der Waals surface area contributed by atoms with E-state index in [9.17, 15) is 14.9 Å². The Bertz CT molecular complexity index is 442. The second-order valence-corrected chi connectivity index (χ2v) is 4.77. The Kier molecular flexibility index (Phi) is 5.44. The number of esters is 1. The highest BCUT2D eigenvalue weighted by atomic mass is 16.6. The number of carbonyl (C=O) groups excluding carboxylic acids is 1. The van der Waals surface area contributed by atoms with Crippen molar-refractivity contribution < 1.29 is 14.5 Å². The minimum Gasteiger partial charge on any atom is -0.460 e. The first-order valence-electron chi connectivity index (χ1n) is 6.05. The first kappa shape index (κ1) is 15.1. The van der Waals surface area contributed by atoms with Crippen molar-refractivity contribution in [3.8, 4) is 0 Å². The van der Waals surface area contributed by atoms with E-state index < -0.39 is 16.9 Å². The van der Waals surface area contributed by atoms with Gasteiger partial charge in [-0.2, -0.15) is 0 Å². The predicted octanol–water partition coefficient (Wildman–Crippen LogP) is 2.01. The van der Waals surface area contributed by atoms with Gasteiger partial charge in [-0.05, 0) is 30.0 Å². The summed E-state index contributed by atoms with van der Waals surface area (Å²) in [4.78, 5) is 21.6. The first-order chi connectivity index (χ1) is 8.90. The van der Waals surface area contributed by atoms with Crippen molar-refractivity contribution in [2.75, 3.05) is 0 Å². The maximum absolute atomic E-state index is 11.6. The Morgan fingerprint density at radius 3 is 2.42 bits per heavy atom. The van der Waals surface area contributed by atoms with Gasteiger partial charge in [-0.1, -0.05) is 13.8 Å². The lowest BCUT2D eigenvalue weighted by Gasteiger charge is -2.13. The van der Waals surface area contributed by atoms with E-state index in [0.717, 1.165) is 0 Å². The molecule has 0 bridgehead atoms. The molecule has 0 radical (unpaired) electrons. The van der Waals surface area contributed by atoms with Crippen molar-refractivity contribution >= 4 is 11.7 Å². The van der Waals surface area contributed by atoms with E-state index in [1.54, 1.807) is 12.1 Å². The average molecular weight is 266 g/mol. The van der Waals surface area contributed by atoms with Gasteiger partial charge in [0, 0.05) is 12.1 Å². The minimum absolute atomic E-state index is 0.00610. The molecule has 0 fully saturated rings. The lowest BCUT2D eigenvalue weighted by Crippen LogP contribution is -2.33. The zero-order valence-corrected chi connectivity index (χ0v) is 11.0. The monoisotopic (exact) mass is 266 g/mol. The Labute approximate surface area is 111 Å². The number of carbonyl (C=O) groups is 1. The number of nitro benzene ring substituents is 1. The van der Waals surface area contributed by atoms with Crippen molar-refractivity contribution in [1.29, 1.82) is 0 Å². The molecule has 0 saturated carbocycles. The van der Waals surface area contributed by atoms with Crippen molar-refractivity contribution in [3.63, 3.8) is 0 Å². The van der Waals surface area contributed by atoms with Gasteiger partial charge in [0.15, 0.2) is 0 Å². The molecule has 1 atom stereocenters. The van der Waals surface area contributed by atoms with Gasteiger partial charge in [0.1, 0.15) is 12.6 Å². The van der Waals surface area contributed by atoms with Gasteiger partial charge in [0.25, 0.3) is 5.69 Å². The maximum Gasteiger partial charge on any atom is 0.323 e. The fraction of sp³-hybridized carbons (Fsp3) is 0.462. The zero-order valence-electron chi connectivity index (χ0n) is 11.0. The topological polar surface area (TPSA) is 95.5 Å². The second kappa shape index (κ2) is 6.84. The van der Waals surface area contributed by atoms with Gasteiger partial charge in [0.2, 0.25) is 0 Å². The molecule has 6 heteroatoms.